The molecule has 2 saturated heterocycles. The van der Waals surface area contributed by atoms with Gasteiger partial charge in [0, 0.05) is 55.9 Å². The summed E-state index contributed by atoms with van der Waals surface area (Å²) in [5, 5.41) is 21.9. The minimum Gasteiger partial charge on any atom is -0.493 e. The highest BCUT2D eigenvalue weighted by Gasteiger charge is 2.35. The Labute approximate surface area is 291 Å². The second-order valence-corrected chi connectivity index (χ2v) is 15.8. The van der Waals surface area contributed by atoms with Crippen LogP contribution >= 0.6 is 0 Å². The highest BCUT2D eigenvalue weighted by atomic mass is 16.5. The van der Waals surface area contributed by atoms with Gasteiger partial charge in [-0.3, -0.25) is 9.80 Å². The molecule has 0 bridgehead atoms. The van der Waals surface area contributed by atoms with E-state index in [1.54, 1.807) is 6.07 Å². The van der Waals surface area contributed by atoms with Gasteiger partial charge in [0.05, 0.1) is 23.8 Å². The number of carboxylic acid groups (broad SMARTS) is 2. The molecule has 8 heteroatoms. The van der Waals surface area contributed by atoms with Crippen molar-refractivity contribution in [3.8, 4) is 5.75 Å². The first kappa shape index (κ1) is 35.4. The molecule has 264 valence electrons. The summed E-state index contributed by atoms with van der Waals surface area (Å²) in [7, 11) is 0. The van der Waals surface area contributed by atoms with Crippen LogP contribution in [0.2, 0.25) is 0 Å². The average molecular weight is 671 g/mol. The van der Waals surface area contributed by atoms with Crippen molar-refractivity contribution in [2.24, 2.45) is 11.3 Å². The molecule has 0 aromatic heterocycles. The number of aromatic carboxylic acids is 2. The predicted octanol–water partition coefficient (Wildman–Crippen LogP) is 8.17. The van der Waals surface area contributed by atoms with Crippen molar-refractivity contribution >= 4 is 22.7 Å². The number of hydrogen-bond acceptors (Lipinski definition) is 6. The second kappa shape index (κ2) is 14.8. The standard InChI is InChI=1S/C41H54N2O6/c1-6-48-28-16-19-42(37(23-28)34-15-14-32(39(44)45)31-17-20-49-38(31)34)24-26(2)21-27-10-11-29-30(12-13-33(40(46)47)35(29)22-27)36-9-7-8-18-43(36)25-41(3,4)5/h10-15,22,26,28,36-37H,6-9,16-21,23-25H2,1-5H3,(H,44,45)(H,46,47)/t26?,28-,36?,37-/m0/s1. The molecule has 3 heterocycles. The highest BCUT2D eigenvalue weighted by molar-refractivity contribution is 6.05. The van der Waals surface area contributed by atoms with Crippen LogP contribution in [0.5, 0.6) is 5.75 Å². The maximum atomic E-state index is 12.5. The number of rotatable bonds is 11. The topological polar surface area (TPSA) is 99.5 Å². The molecule has 2 N–H and O–H groups in total. The van der Waals surface area contributed by atoms with Crippen molar-refractivity contribution in [2.45, 2.75) is 97.8 Å². The van der Waals surface area contributed by atoms with E-state index in [2.05, 4.69) is 61.8 Å². The molecule has 3 aliphatic rings. The van der Waals surface area contributed by atoms with Crippen molar-refractivity contribution in [1.82, 2.24) is 9.80 Å². The molecular formula is C41H54N2O6. The molecule has 2 unspecified atom stereocenters. The van der Waals surface area contributed by atoms with Crippen LogP contribution in [0, 0.1) is 11.3 Å². The van der Waals surface area contributed by atoms with Crippen LogP contribution in [0.3, 0.4) is 0 Å². The fourth-order valence-corrected chi connectivity index (χ4v) is 8.73. The van der Waals surface area contributed by atoms with Gasteiger partial charge in [-0.25, -0.2) is 9.59 Å². The van der Waals surface area contributed by atoms with Crippen molar-refractivity contribution in [2.75, 3.05) is 39.4 Å². The van der Waals surface area contributed by atoms with Gasteiger partial charge in [0.2, 0.25) is 0 Å². The quantitative estimate of drug-likeness (QED) is 0.211. The number of fused-ring (bicyclic) bond motifs is 2. The normalized spacial score (nSPS) is 22.5. The van der Waals surface area contributed by atoms with E-state index in [9.17, 15) is 19.8 Å². The first-order valence-corrected chi connectivity index (χ1v) is 18.3. The molecule has 49 heavy (non-hydrogen) atoms. The van der Waals surface area contributed by atoms with E-state index in [0.29, 0.717) is 36.7 Å². The Bertz CT molecular complexity index is 1680. The third kappa shape index (κ3) is 7.82. The minimum absolute atomic E-state index is 0.0618. The molecule has 3 aromatic carbocycles. The largest absolute Gasteiger partial charge is 0.493 e. The third-order valence-corrected chi connectivity index (χ3v) is 10.7. The van der Waals surface area contributed by atoms with E-state index < -0.39 is 11.9 Å². The smallest absolute Gasteiger partial charge is 0.336 e. The van der Waals surface area contributed by atoms with Crippen LogP contribution in [0.1, 0.15) is 122 Å². The first-order chi connectivity index (χ1) is 23.4. The van der Waals surface area contributed by atoms with Crippen LogP contribution in [0.15, 0.2) is 42.5 Å². The molecular weight excluding hydrogens is 616 g/mol. The summed E-state index contributed by atoms with van der Waals surface area (Å²) in [6.07, 6.45) is 6.83. The van der Waals surface area contributed by atoms with Crippen LogP contribution in [0.25, 0.3) is 10.8 Å². The molecule has 0 aliphatic carbocycles. The summed E-state index contributed by atoms with van der Waals surface area (Å²) in [5.41, 5.74) is 5.12. The number of benzene rings is 3. The number of likely N-dealkylation sites (tertiary alicyclic amines) is 2. The first-order valence-electron chi connectivity index (χ1n) is 18.3. The summed E-state index contributed by atoms with van der Waals surface area (Å²) >= 11 is 0. The van der Waals surface area contributed by atoms with Crippen LogP contribution in [0.4, 0.5) is 0 Å². The van der Waals surface area contributed by atoms with Crippen molar-refractivity contribution < 1.29 is 29.3 Å². The predicted molar refractivity (Wildman–Crippen MR) is 193 cm³/mol. The highest BCUT2D eigenvalue weighted by Crippen LogP contribution is 2.43. The number of hydrogen-bond donors (Lipinski definition) is 2. The molecule has 2 fully saturated rings. The van der Waals surface area contributed by atoms with Gasteiger partial charge in [-0.2, -0.15) is 0 Å². The van der Waals surface area contributed by atoms with Crippen LogP contribution in [-0.2, 0) is 17.6 Å². The molecule has 8 nitrogen and oxygen atoms in total. The maximum Gasteiger partial charge on any atom is 0.336 e. The maximum absolute atomic E-state index is 12.5. The number of ether oxygens (including phenoxy) is 2. The summed E-state index contributed by atoms with van der Waals surface area (Å²) in [5.74, 6) is -0.761. The molecule has 4 atom stereocenters. The molecule has 0 radical (unpaired) electrons. The number of carboxylic acids is 2. The van der Waals surface area contributed by atoms with Crippen LogP contribution in [-0.4, -0.2) is 77.4 Å². The Morgan fingerprint density at radius 2 is 1.67 bits per heavy atom. The van der Waals surface area contributed by atoms with Crippen molar-refractivity contribution in [3.63, 3.8) is 0 Å². The van der Waals surface area contributed by atoms with Crippen molar-refractivity contribution in [1.29, 1.82) is 0 Å². The van der Waals surface area contributed by atoms with E-state index >= 15 is 0 Å². The van der Waals surface area contributed by atoms with Crippen LogP contribution < -0.4 is 4.74 Å². The zero-order valence-electron chi connectivity index (χ0n) is 30.0. The molecule has 0 saturated carbocycles. The summed E-state index contributed by atoms with van der Waals surface area (Å²) in [6.45, 7) is 16.1. The zero-order valence-corrected chi connectivity index (χ0v) is 30.0. The number of carbonyl (C=O) groups is 2. The molecule has 3 aliphatic heterocycles. The van der Waals surface area contributed by atoms with Crippen molar-refractivity contribution in [3.05, 3.63) is 75.8 Å². The third-order valence-electron chi connectivity index (χ3n) is 10.7. The van der Waals surface area contributed by atoms with Gasteiger partial charge in [0.1, 0.15) is 5.75 Å². The summed E-state index contributed by atoms with van der Waals surface area (Å²) in [4.78, 5) is 29.5. The van der Waals surface area contributed by atoms with E-state index in [-0.39, 0.29) is 23.6 Å². The Balaban J connectivity index is 1.26. The van der Waals surface area contributed by atoms with Gasteiger partial charge < -0.3 is 19.7 Å². The lowest BCUT2D eigenvalue weighted by Crippen LogP contribution is -2.42. The zero-order chi connectivity index (χ0) is 34.9. The van der Waals surface area contributed by atoms with E-state index in [0.717, 1.165) is 85.1 Å². The Hall–Kier alpha value is -3.46. The average Bonchev–Trinajstić information content (AvgIpc) is 3.54. The fourth-order valence-electron chi connectivity index (χ4n) is 8.73. The van der Waals surface area contributed by atoms with Gasteiger partial charge >= 0.3 is 11.9 Å². The van der Waals surface area contributed by atoms with Gasteiger partial charge in [0.25, 0.3) is 0 Å². The lowest BCUT2D eigenvalue weighted by Gasteiger charge is -2.41. The molecule has 3 aromatic rings. The molecule has 0 amide bonds. The summed E-state index contributed by atoms with van der Waals surface area (Å²) < 4.78 is 12.2. The van der Waals surface area contributed by atoms with E-state index in [1.165, 1.54) is 18.4 Å². The Morgan fingerprint density at radius 3 is 2.41 bits per heavy atom. The van der Waals surface area contributed by atoms with E-state index in [4.69, 9.17) is 9.47 Å². The van der Waals surface area contributed by atoms with Gasteiger partial charge in [-0.1, -0.05) is 64.4 Å². The summed E-state index contributed by atoms with van der Waals surface area (Å²) in [6, 6.07) is 14.4. The van der Waals surface area contributed by atoms with Gasteiger partial charge in [0.15, 0.2) is 0 Å². The fraction of sp³-hybridized carbons (Fsp3) is 0.561. The second-order valence-electron chi connectivity index (χ2n) is 15.8. The minimum atomic E-state index is -0.913. The Morgan fingerprint density at radius 1 is 0.918 bits per heavy atom. The van der Waals surface area contributed by atoms with Gasteiger partial charge in [-0.05, 0) is 90.9 Å². The molecule has 0 spiro atoms. The number of nitrogens with zero attached hydrogens (tertiary/aromatic N) is 2. The Kier molecular flexibility index (Phi) is 10.7. The number of piperidine rings is 2. The monoisotopic (exact) mass is 670 g/mol. The van der Waals surface area contributed by atoms with Gasteiger partial charge in [-0.15, -0.1) is 0 Å². The SMILES string of the molecule is CCO[C@H]1CCN(CC(C)Cc2ccc3c(C4CCCCN4CC(C)(C)C)ccc(C(=O)O)c3c2)[C@H](c2ccc(C(=O)O)c3c2OCC3)C1. The van der Waals surface area contributed by atoms with E-state index in [1.807, 2.05) is 19.1 Å². The lowest BCUT2D eigenvalue weighted by molar-refractivity contribution is -0.0153. The molecule has 6 rings (SSSR count). The lowest BCUT2D eigenvalue weighted by atomic mass is 9.86.